The van der Waals surface area contributed by atoms with Crippen LogP contribution in [0.15, 0.2) is 24.3 Å². The Balaban J connectivity index is 2.30. The molecule has 24 heavy (non-hydrogen) atoms. The minimum atomic E-state index is -1.01. The van der Waals surface area contributed by atoms with Crippen LogP contribution in [0.2, 0.25) is 0 Å². The number of ether oxygens (including phenoxy) is 1. The summed E-state index contributed by atoms with van der Waals surface area (Å²) < 4.78 is 5.45. The Hall–Kier alpha value is -1.64. The summed E-state index contributed by atoms with van der Waals surface area (Å²) in [5.74, 6) is -0.390. The fourth-order valence-electron chi connectivity index (χ4n) is 3.44. The highest BCUT2D eigenvalue weighted by Crippen LogP contribution is 2.42. The van der Waals surface area contributed by atoms with E-state index in [2.05, 4.69) is 32.9 Å². The summed E-state index contributed by atoms with van der Waals surface area (Å²) in [7, 11) is 0. The van der Waals surface area contributed by atoms with E-state index in [1.54, 1.807) is 0 Å². The molecule has 2 atom stereocenters. The monoisotopic (exact) mass is 330 g/mol. The zero-order chi connectivity index (χ0) is 18.1. The standard InChI is InChI=1S/C21H30O3/c1-14(2)24-19(23)21(12-11-15(3)18(21)22)13-16-7-9-17(10-8-16)20(4,5)6/h7-10,14-15H,11-13H2,1-6H3. The fourth-order valence-corrected chi connectivity index (χ4v) is 3.44. The highest BCUT2D eigenvalue weighted by molar-refractivity contribution is 6.06. The molecule has 1 aliphatic rings. The maximum absolute atomic E-state index is 12.8. The molecule has 0 bridgehead atoms. The molecule has 132 valence electrons. The summed E-state index contributed by atoms with van der Waals surface area (Å²) in [6.45, 7) is 12.1. The Labute approximate surface area is 145 Å². The summed E-state index contributed by atoms with van der Waals surface area (Å²) in [6, 6.07) is 8.28. The van der Waals surface area contributed by atoms with Gasteiger partial charge in [0, 0.05) is 5.92 Å². The third-order valence-electron chi connectivity index (χ3n) is 4.98. The zero-order valence-corrected chi connectivity index (χ0v) is 15.8. The van der Waals surface area contributed by atoms with Crippen molar-refractivity contribution in [1.29, 1.82) is 0 Å². The van der Waals surface area contributed by atoms with Crippen molar-refractivity contribution in [3.05, 3.63) is 35.4 Å². The van der Waals surface area contributed by atoms with E-state index in [1.165, 1.54) is 5.56 Å². The lowest BCUT2D eigenvalue weighted by Gasteiger charge is -2.27. The molecule has 0 saturated heterocycles. The summed E-state index contributed by atoms with van der Waals surface area (Å²) in [6.07, 6.45) is 1.57. The third kappa shape index (κ3) is 3.71. The fraction of sp³-hybridized carbons (Fsp3) is 0.619. The van der Waals surface area contributed by atoms with E-state index in [-0.39, 0.29) is 29.2 Å². The van der Waals surface area contributed by atoms with E-state index in [9.17, 15) is 9.59 Å². The van der Waals surface area contributed by atoms with Gasteiger partial charge < -0.3 is 4.74 Å². The maximum Gasteiger partial charge on any atom is 0.320 e. The predicted molar refractivity (Wildman–Crippen MR) is 95.9 cm³/mol. The van der Waals surface area contributed by atoms with E-state index in [0.717, 1.165) is 12.0 Å². The van der Waals surface area contributed by atoms with Crippen molar-refractivity contribution in [2.45, 2.75) is 72.3 Å². The zero-order valence-electron chi connectivity index (χ0n) is 15.8. The van der Waals surface area contributed by atoms with Crippen LogP contribution in [0, 0.1) is 11.3 Å². The first-order chi connectivity index (χ1) is 11.1. The first kappa shape index (κ1) is 18.7. The lowest BCUT2D eigenvalue weighted by Crippen LogP contribution is -2.41. The van der Waals surface area contributed by atoms with Gasteiger partial charge in [-0.05, 0) is 49.7 Å². The van der Waals surface area contributed by atoms with Crippen LogP contribution in [-0.4, -0.2) is 17.9 Å². The molecule has 0 N–H and O–H groups in total. The van der Waals surface area contributed by atoms with Gasteiger partial charge in [0.2, 0.25) is 0 Å². The second-order valence-corrected chi connectivity index (χ2v) is 8.46. The highest BCUT2D eigenvalue weighted by atomic mass is 16.5. The van der Waals surface area contributed by atoms with Crippen molar-refractivity contribution < 1.29 is 14.3 Å². The van der Waals surface area contributed by atoms with Crippen LogP contribution in [0.25, 0.3) is 0 Å². The molecule has 1 saturated carbocycles. The molecular formula is C21H30O3. The topological polar surface area (TPSA) is 43.4 Å². The van der Waals surface area contributed by atoms with Gasteiger partial charge in [0.15, 0.2) is 5.78 Å². The van der Waals surface area contributed by atoms with Crippen LogP contribution in [0.4, 0.5) is 0 Å². The summed E-state index contributed by atoms with van der Waals surface area (Å²) in [5.41, 5.74) is 1.35. The number of benzene rings is 1. The van der Waals surface area contributed by atoms with Gasteiger partial charge in [0.05, 0.1) is 6.10 Å². The van der Waals surface area contributed by atoms with Gasteiger partial charge >= 0.3 is 5.97 Å². The summed E-state index contributed by atoms with van der Waals surface area (Å²) >= 11 is 0. The lowest BCUT2D eigenvalue weighted by atomic mass is 9.77. The van der Waals surface area contributed by atoms with Crippen molar-refractivity contribution in [3.63, 3.8) is 0 Å². The van der Waals surface area contributed by atoms with Crippen LogP contribution in [0.5, 0.6) is 0 Å². The highest BCUT2D eigenvalue weighted by Gasteiger charge is 2.53. The van der Waals surface area contributed by atoms with Crippen molar-refractivity contribution >= 4 is 11.8 Å². The number of carbonyl (C=O) groups excluding carboxylic acids is 2. The average Bonchev–Trinajstić information content (AvgIpc) is 2.76. The van der Waals surface area contributed by atoms with E-state index < -0.39 is 5.41 Å². The van der Waals surface area contributed by atoms with Gasteiger partial charge in [0.1, 0.15) is 5.41 Å². The molecule has 0 heterocycles. The lowest BCUT2D eigenvalue weighted by molar-refractivity contribution is -0.163. The van der Waals surface area contributed by atoms with Crippen LogP contribution >= 0.6 is 0 Å². The summed E-state index contributed by atoms with van der Waals surface area (Å²) in [4.78, 5) is 25.5. The first-order valence-electron chi connectivity index (χ1n) is 8.91. The Morgan fingerprint density at radius 2 is 1.83 bits per heavy atom. The average molecular weight is 330 g/mol. The van der Waals surface area contributed by atoms with Gasteiger partial charge in [-0.15, -0.1) is 0 Å². The van der Waals surface area contributed by atoms with Gasteiger partial charge in [-0.25, -0.2) is 0 Å². The minimum absolute atomic E-state index is 0.0352. The number of hydrogen-bond acceptors (Lipinski definition) is 3. The maximum atomic E-state index is 12.8. The van der Waals surface area contributed by atoms with Crippen molar-refractivity contribution in [3.8, 4) is 0 Å². The van der Waals surface area contributed by atoms with Crippen LogP contribution in [-0.2, 0) is 26.2 Å². The van der Waals surface area contributed by atoms with Crippen LogP contribution in [0.3, 0.4) is 0 Å². The second-order valence-electron chi connectivity index (χ2n) is 8.46. The quantitative estimate of drug-likeness (QED) is 0.604. The number of hydrogen-bond donors (Lipinski definition) is 0. The van der Waals surface area contributed by atoms with E-state index in [4.69, 9.17) is 4.74 Å². The smallest absolute Gasteiger partial charge is 0.320 e. The molecule has 1 aromatic carbocycles. The number of Topliss-reactive ketones (excluding diaryl/α,β-unsaturated/α-hetero) is 1. The van der Waals surface area contributed by atoms with Crippen molar-refractivity contribution in [2.24, 2.45) is 11.3 Å². The van der Waals surface area contributed by atoms with Crippen LogP contribution in [0.1, 0.15) is 65.5 Å². The summed E-state index contributed by atoms with van der Waals surface area (Å²) in [5, 5.41) is 0. The molecule has 3 nitrogen and oxygen atoms in total. The molecule has 1 aliphatic carbocycles. The molecule has 3 heteroatoms. The molecule has 0 radical (unpaired) electrons. The molecule has 0 amide bonds. The second kappa shape index (κ2) is 6.70. The van der Waals surface area contributed by atoms with Crippen molar-refractivity contribution in [1.82, 2.24) is 0 Å². The van der Waals surface area contributed by atoms with Gasteiger partial charge in [-0.1, -0.05) is 52.0 Å². The van der Waals surface area contributed by atoms with E-state index in [1.807, 2.05) is 32.9 Å². The Morgan fingerprint density at radius 3 is 2.25 bits per heavy atom. The van der Waals surface area contributed by atoms with Gasteiger partial charge in [0.25, 0.3) is 0 Å². The first-order valence-corrected chi connectivity index (χ1v) is 8.91. The molecule has 0 spiro atoms. The Kier molecular flexibility index (Phi) is 5.22. The SMILES string of the molecule is CC(C)OC(=O)C1(Cc2ccc(C(C)(C)C)cc2)CCC(C)C1=O. The molecule has 2 rings (SSSR count). The Bertz CT molecular complexity index is 607. The molecule has 1 fully saturated rings. The normalized spacial score (nSPS) is 24.5. The van der Waals surface area contributed by atoms with Gasteiger partial charge in [-0.2, -0.15) is 0 Å². The number of esters is 1. The van der Waals surface area contributed by atoms with Gasteiger partial charge in [-0.3, -0.25) is 9.59 Å². The predicted octanol–water partition coefficient (Wildman–Crippen LogP) is 4.46. The molecule has 1 aromatic rings. The third-order valence-corrected chi connectivity index (χ3v) is 4.98. The number of rotatable bonds is 4. The molecule has 2 unspecified atom stereocenters. The number of carbonyl (C=O) groups is 2. The van der Waals surface area contributed by atoms with Crippen molar-refractivity contribution in [2.75, 3.05) is 0 Å². The van der Waals surface area contributed by atoms with E-state index >= 15 is 0 Å². The number of ketones is 1. The van der Waals surface area contributed by atoms with E-state index in [0.29, 0.717) is 12.8 Å². The molecule has 0 aromatic heterocycles. The molecule has 0 aliphatic heterocycles. The van der Waals surface area contributed by atoms with Crippen LogP contribution < -0.4 is 0 Å². The minimum Gasteiger partial charge on any atom is -0.462 e. The molecular weight excluding hydrogens is 300 g/mol. The Morgan fingerprint density at radius 1 is 1.25 bits per heavy atom. The largest absolute Gasteiger partial charge is 0.462 e.